The van der Waals surface area contributed by atoms with Gasteiger partial charge in [0.05, 0.1) is 12.7 Å². The first-order valence-electron chi connectivity index (χ1n) is 6.63. The summed E-state index contributed by atoms with van der Waals surface area (Å²) >= 11 is 0. The van der Waals surface area contributed by atoms with Gasteiger partial charge in [-0.05, 0) is 13.0 Å². The Morgan fingerprint density at radius 2 is 2.44 bits per heavy atom. The van der Waals surface area contributed by atoms with Crippen molar-refractivity contribution in [3.63, 3.8) is 0 Å². The number of hydrogen-bond donors (Lipinski definition) is 1. The van der Waals surface area contributed by atoms with Crippen LogP contribution in [-0.4, -0.2) is 58.1 Å². The molecule has 2 heterocycles. The number of ether oxygens (including phenoxy) is 1. The van der Waals surface area contributed by atoms with Crippen molar-refractivity contribution in [3.8, 4) is 0 Å². The van der Waals surface area contributed by atoms with Crippen LogP contribution in [0.5, 0.6) is 0 Å². The maximum atomic E-state index is 6.23. The Morgan fingerprint density at radius 1 is 1.61 bits per heavy atom. The molecule has 0 aromatic carbocycles. The van der Waals surface area contributed by atoms with Gasteiger partial charge in [0, 0.05) is 32.6 Å². The second-order valence-electron chi connectivity index (χ2n) is 4.88. The van der Waals surface area contributed by atoms with Crippen LogP contribution in [0.1, 0.15) is 19.2 Å². The first-order valence-corrected chi connectivity index (χ1v) is 6.63. The third-order valence-corrected chi connectivity index (χ3v) is 3.42. The smallest absolute Gasteiger partial charge is 0.138 e. The Bertz CT molecular complexity index is 365. The topological polar surface area (TPSA) is 69.2 Å². The molecule has 0 spiro atoms. The van der Waals surface area contributed by atoms with Gasteiger partial charge in [0.2, 0.25) is 0 Å². The van der Waals surface area contributed by atoms with E-state index in [2.05, 4.69) is 21.9 Å². The number of morpholine rings is 1. The number of nitrogens with zero attached hydrogens (tertiary/aromatic N) is 4. The Labute approximate surface area is 108 Å². The first kappa shape index (κ1) is 13.5. The highest BCUT2D eigenvalue weighted by Crippen LogP contribution is 2.11. The van der Waals surface area contributed by atoms with Gasteiger partial charge in [0.1, 0.15) is 12.2 Å². The maximum absolute atomic E-state index is 6.23. The lowest BCUT2D eigenvalue weighted by Crippen LogP contribution is -2.51. The lowest BCUT2D eigenvalue weighted by molar-refractivity contribution is -0.0404. The lowest BCUT2D eigenvalue weighted by Gasteiger charge is -2.35. The zero-order valence-electron chi connectivity index (χ0n) is 11.2. The Morgan fingerprint density at radius 3 is 3.11 bits per heavy atom. The summed E-state index contributed by atoms with van der Waals surface area (Å²) in [5, 5.41) is 4.06. The van der Waals surface area contributed by atoms with E-state index < -0.39 is 0 Å². The highest BCUT2D eigenvalue weighted by molar-refractivity contribution is 4.92. The van der Waals surface area contributed by atoms with Crippen LogP contribution in [0.2, 0.25) is 0 Å². The average Bonchev–Trinajstić information content (AvgIpc) is 2.76. The van der Waals surface area contributed by atoms with Crippen molar-refractivity contribution >= 4 is 0 Å². The molecule has 1 aliphatic heterocycles. The average molecular weight is 253 g/mol. The van der Waals surface area contributed by atoms with Crippen LogP contribution in [0.4, 0.5) is 0 Å². The molecule has 1 saturated heterocycles. The molecule has 18 heavy (non-hydrogen) atoms. The maximum Gasteiger partial charge on any atom is 0.138 e. The molecular weight excluding hydrogens is 230 g/mol. The molecule has 0 aliphatic carbocycles. The molecule has 2 N–H and O–H groups in total. The minimum Gasteiger partial charge on any atom is -0.374 e. The van der Waals surface area contributed by atoms with E-state index in [1.165, 1.54) is 6.42 Å². The number of hydrogen-bond acceptors (Lipinski definition) is 5. The molecule has 1 aromatic rings. The van der Waals surface area contributed by atoms with E-state index in [0.29, 0.717) is 6.42 Å². The fourth-order valence-corrected chi connectivity index (χ4v) is 2.36. The van der Waals surface area contributed by atoms with Crippen molar-refractivity contribution in [1.82, 2.24) is 19.7 Å². The molecule has 2 rings (SSSR count). The van der Waals surface area contributed by atoms with E-state index in [1.807, 2.05) is 7.05 Å². The number of rotatable bonds is 5. The standard InChI is InChI=1S/C12H23N5O/c1-3-4-17-5-6-18-11(8-17)10(13)7-12-14-9-15-16(12)2/h9-11H,3-8,13H2,1-2H3. The molecule has 102 valence electrons. The first-order chi connectivity index (χ1) is 8.70. The molecule has 1 aromatic heterocycles. The fraction of sp³-hybridized carbons (Fsp3) is 0.833. The van der Waals surface area contributed by atoms with Crippen LogP contribution in [0.3, 0.4) is 0 Å². The van der Waals surface area contributed by atoms with Gasteiger partial charge in [0.25, 0.3) is 0 Å². The Hall–Kier alpha value is -0.980. The van der Waals surface area contributed by atoms with Crippen molar-refractivity contribution in [2.45, 2.75) is 31.9 Å². The van der Waals surface area contributed by atoms with Crippen molar-refractivity contribution in [3.05, 3.63) is 12.2 Å². The SMILES string of the molecule is CCCN1CCOC(C(N)Cc2ncnn2C)C1. The van der Waals surface area contributed by atoms with E-state index in [9.17, 15) is 0 Å². The normalized spacial score (nSPS) is 23.2. The molecule has 0 radical (unpaired) electrons. The second-order valence-corrected chi connectivity index (χ2v) is 4.88. The third-order valence-electron chi connectivity index (χ3n) is 3.42. The monoisotopic (exact) mass is 253 g/mol. The van der Waals surface area contributed by atoms with Crippen LogP contribution in [0.25, 0.3) is 0 Å². The fourth-order valence-electron chi connectivity index (χ4n) is 2.36. The summed E-state index contributed by atoms with van der Waals surface area (Å²) in [6, 6.07) is -0.0208. The summed E-state index contributed by atoms with van der Waals surface area (Å²) in [5.74, 6) is 0.915. The van der Waals surface area contributed by atoms with Crippen LogP contribution >= 0.6 is 0 Å². The largest absolute Gasteiger partial charge is 0.374 e. The van der Waals surface area contributed by atoms with Gasteiger partial charge in [-0.3, -0.25) is 9.58 Å². The molecule has 1 aliphatic rings. The van der Waals surface area contributed by atoms with Crippen molar-refractivity contribution in [2.75, 3.05) is 26.2 Å². The minimum atomic E-state index is -0.0208. The summed E-state index contributed by atoms with van der Waals surface area (Å²) in [6.45, 7) is 6.03. The minimum absolute atomic E-state index is 0.0208. The number of nitrogens with two attached hydrogens (primary N) is 1. The number of aromatic nitrogens is 3. The van der Waals surface area contributed by atoms with E-state index in [1.54, 1.807) is 11.0 Å². The molecule has 2 unspecified atom stereocenters. The van der Waals surface area contributed by atoms with Gasteiger partial charge in [-0.2, -0.15) is 5.10 Å². The van der Waals surface area contributed by atoms with Crippen LogP contribution < -0.4 is 5.73 Å². The van der Waals surface area contributed by atoms with Crippen molar-refractivity contribution < 1.29 is 4.74 Å². The molecule has 0 bridgehead atoms. The van der Waals surface area contributed by atoms with Gasteiger partial charge in [-0.1, -0.05) is 6.92 Å². The Balaban J connectivity index is 1.88. The van der Waals surface area contributed by atoms with E-state index in [-0.39, 0.29) is 12.1 Å². The quantitative estimate of drug-likeness (QED) is 0.787. The highest BCUT2D eigenvalue weighted by atomic mass is 16.5. The molecule has 6 heteroatoms. The van der Waals surface area contributed by atoms with Gasteiger partial charge in [-0.25, -0.2) is 4.98 Å². The van der Waals surface area contributed by atoms with E-state index in [4.69, 9.17) is 10.5 Å². The van der Waals surface area contributed by atoms with E-state index in [0.717, 1.165) is 32.1 Å². The summed E-state index contributed by atoms with van der Waals surface area (Å²) < 4.78 is 7.55. The number of aryl methyl sites for hydroxylation is 1. The zero-order valence-corrected chi connectivity index (χ0v) is 11.2. The zero-order chi connectivity index (χ0) is 13.0. The lowest BCUT2D eigenvalue weighted by atomic mass is 10.1. The van der Waals surface area contributed by atoms with Gasteiger partial charge >= 0.3 is 0 Å². The van der Waals surface area contributed by atoms with Crippen LogP contribution in [0, 0.1) is 0 Å². The third kappa shape index (κ3) is 3.28. The van der Waals surface area contributed by atoms with Gasteiger partial charge in [0.15, 0.2) is 0 Å². The molecule has 6 nitrogen and oxygen atoms in total. The Kier molecular flexibility index (Phi) is 4.68. The van der Waals surface area contributed by atoms with Crippen molar-refractivity contribution in [1.29, 1.82) is 0 Å². The highest BCUT2D eigenvalue weighted by Gasteiger charge is 2.26. The molecular formula is C12H23N5O. The molecule has 1 fully saturated rings. The predicted molar refractivity (Wildman–Crippen MR) is 69.2 cm³/mol. The summed E-state index contributed by atoms with van der Waals surface area (Å²) in [7, 11) is 1.89. The molecule has 0 saturated carbocycles. The van der Waals surface area contributed by atoms with Crippen molar-refractivity contribution in [2.24, 2.45) is 12.8 Å². The van der Waals surface area contributed by atoms with E-state index >= 15 is 0 Å². The predicted octanol–water partition coefficient (Wildman–Crippen LogP) is -0.204. The van der Waals surface area contributed by atoms with Gasteiger partial charge in [-0.15, -0.1) is 0 Å². The summed E-state index contributed by atoms with van der Waals surface area (Å²) in [4.78, 5) is 6.63. The molecule has 2 atom stereocenters. The molecule has 0 amide bonds. The summed E-state index contributed by atoms with van der Waals surface area (Å²) in [5.41, 5.74) is 6.23. The van der Waals surface area contributed by atoms with Crippen LogP contribution in [0.15, 0.2) is 6.33 Å². The summed E-state index contributed by atoms with van der Waals surface area (Å²) in [6.07, 6.45) is 3.54. The van der Waals surface area contributed by atoms with Gasteiger partial charge < -0.3 is 10.5 Å². The van der Waals surface area contributed by atoms with Crippen LogP contribution in [-0.2, 0) is 18.2 Å². The second kappa shape index (κ2) is 6.26.